The van der Waals surface area contributed by atoms with Gasteiger partial charge in [0, 0.05) is 18.4 Å². The summed E-state index contributed by atoms with van der Waals surface area (Å²) in [6.07, 6.45) is -0.0780. The molecule has 0 saturated heterocycles. The van der Waals surface area contributed by atoms with Crippen LogP contribution in [0.25, 0.3) is 0 Å². The number of phenols is 1. The van der Waals surface area contributed by atoms with Gasteiger partial charge in [0.1, 0.15) is 11.5 Å². The van der Waals surface area contributed by atoms with E-state index in [9.17, 15) is 15.3 Å². The van der Waals surface area contributed by atoms with Crippen molar-refractivity contribution in [2.24, 2.45) is 11.8 Å². The molecule has 0 aromatic heterocycles. The zero-order valence-electron chi connectivity index (χ0n) is 12.8. The number of aliphatic hydroxyl groups excluding tert-OH is 2. The van der Waals surface area contributed by atoms with Gasteiger partial charge in [0.05, 0.1) is 19.3 Å². The van der Waals surface area contributed by atoms with E-state index in [1.807, 2.05) is 7.05 Å². The number of ether oxygens (including phenoxy) is 2. The van der Waals surface area contributed by atoms with E-state index in [0.29, 0.717) is 31.9 Å². The Bertz CT molecular complexity index is 439. The fraction of sp³-hybridized carbons (Fsp3) is 0.625. The van der Waals surface area contributed by atoms with Gasteiger partial charge in [-0.05, 0) is 44.2 Å². The van der Waals surface area contributed by atoms with Gasteiger partial charge in [-0.25, -0.2) is 0 Å². The predicted molar refractivity (Wildman–Crippen MR) is 81.7 cm³/mol. The maximum atomic E-state index is 10.3. The quantitative estimate of drug-likeness (QED) is 0.418. The third-order valence-electron chi connectivity index (χ3n) is 4.10. The lowest BCUT2D eigenvalue weighted by Crippen LogP contribution is -2.35. The maximum Gasteiger partial charge on any atom is 0.159 e. The third-order valence-corrected chi connectivity index (χ3v) is 4.10. The molecule has 6 nitrogen and oxygen atoms in total. The number of rotatable bonds is 8. The van der Waals surface area contributed by atoms with E-state index in [1.54, 1.807) is 24.3 Å². The molecule has 4 unspecified atom stereocenters. The van der Waals surface area contributed by atoms with Crippen LogP contribution < -0.4 is 10.1 Å². The van der Waals surface area contributed by atoms with E-state index >= 15 is 0 Å². The molecule has 1 aromatic carbocycles. The van der Waals surface area contributed by atoms with E-state index < -0.39 is 12.4 Å². The highest BCUT2D eigenvalue weighted by Gasteiger charge is 2.39. The Kier molecular flexibility index (Phi) is 6.45. The highest BCUT2D eigenvalue weighted by molar-refractivity contribution is 5.30. The highest BCUT2D eigenvalue weighted by Crippen LogP contribution is 2.34. The normalized spacial score (nSPS) is 26.0. The second-order valence-corrected chi connectivity index (χ2v) is 5.66. The monoisotopic (exact) mass is 311 g/mol. The van der Waals surface area contributed by atoms with Crippen molar-refractivity contribution in [3.8, 4) is 11.5 Å². The predicted octanol–water partition coefficient (Wildman–Crippen LogP) is 0.712. The molecule has 6 heteroatoms. The summed E-state index contributed by atoms with van der Waals surface area (Å²) < 4.78 is 11.0. The molecule has 4 N–H and O–H groups in total. The summed E-state index contributed by atoms with van der Waals surface area (Å²) in [6, 6.07) is 6.48. The number of phenolic OH excluding ortho intramolecular Hbond substituents is 1. The van der Waals surface area contributed by atoms with Crippen molar-refractivity contribution in [2.75, 3.05) is 26.8 Å². The van der Waals surface area contributed by atoms with Gasteiger partial charge < -0.3 is 30.1 Å². The molecule has 1 aliphatic rings. The average Bonchev–Trinajstić information content (AvgIpc) is 2.88. The fourth-order valence-corrected chi connectivity index (χ4v) is 2.74. The van der Waals surface area contributed by atoms with Gasteiger partial charge in [-0.15, -0.1) is 0 Å². The van der Waals surface area contributed by atoms with E-state index in [0.717, 1.165) is 6.42 Å². The molecule has 4 atom stereocenters. The Hall–Kier alpha value is -1.34. The summed E-state index contributed by atoms with van der Waals surface area (Å²) in [5.41, 5.74) is 0. The number of hydrogen-bond acceptors (Lipinski definition) is 6. The van der Waals surface area contributed by atoms with Crippen molar-refractivity contribution in [2.45, 2.75) is 25.2 Å². The molecular formula is C16H25NO5. The molecule has 0 radical (unpaired) electrons. The van der Waals surface area contributed by atoms with E-state index in [4.69, 9.17) is 9.47 Å². The van der Waals surface area contributed by atoms with Gasteiger partial charge in [-0.2, -0.15) is 0 Å². The van der Waals surface area contributed by atoms with Crippen LogP contribution in [-0.4, -0.2) is 54.5 Å². The number of hydrogen-bond donors (Lipinski definition) is 4. The SMILES string of the molecule is CNCCOC(O)C1CCC(COc2ccc(O)cc2)C1O. The van der Waals surface area contributed by atoms with Gasteiger partial charge in [0.2, 0.25) is 0 Å². The molecule has 124 valence electrons. The van der Waals surface area contributed by atoms with Crippen LogP contribution >= 0.6 is 0 Å². The van der Waals surface area contributed by atoms with Gasteiger partial charge in [0.25, 0.3) is 0 Å². The molecule has 1 saturated carbocycles. The van der Waals surface area contributed by atoms with Crippen molar-refractivity contribution in [3.63, 3.8) is 0 Å². The van der Waals surface area contributed by atoms with E-state index in [-0.39, 0.29) is 17.6 Å². The van der Waals surface area contributed by atoms with Crippen molar-refractivity contribution >= 4 is 0 Å². The van der Waals surface area contributed by atoms with E-state index in [1.165, 1.54) is 0 Å². The summed E-state index contributed by atoms with van der Waals surface area (Å²) in [6.45, 7) is 1.45. The molecule has 1 aromatic rings. The first-order chi connectivity index (χ1) is 10.6. The molecule has 0 bridgehead atoms. The molecule has 2 rings (SSSR count). The Morgan fingerprint density at radius 2 is 2.00 bits per heavy atom. The Labute approximate surface area is 130 Å². The summed E-state index contributed by atoms with van der Waals surface area (Å²) in [7, 11) is 1.82. The smallest absolute Gasteiger partial charge is 0.159 e. The zero-order chi connectivity index (χ0) is 15.9. The second kappa shape index (κ2) is 8.33. The minimum atomic E-state index is -0.943. The number of benzene rings is 1. The molecule has 0 spiro atoms. The van der Waals surface area contributed by atoms with Gasteiger partial charge in [-0.3, -0.25) is 0 Å². The minimum Gasteiger partial charge on any atom is -0.508 e. The first-order valence-electron chi connectivity index (χ1n) is 7.66. The van der Waals surface area contributed by atoms with Crippen LogP contribution in [0.1, 0.15) is 12.8 Å². The van der Waals surface area contributed by atoms with Crippen LogP contribution in [0, 0.1) is 11.8 Å². The Morgan fingerprint density at radius 3 is 2.68 bits per heavy atom. The summed E-state index contributed by atoms with van der Waals surface area (Å²) >= 11 is 0. The Balaban J connectivity index is 1.78. The largest absolute Gasteiger partial charge is 0.508 e. The first-order valence-corrected chi connectivity index (χ1v) is 7.66. The van der Waals surface area contributed by atoms with Crippen LogP contribution in [0.15, 0.2) is 24.3 Å². The molecular weight excluding hydrogens is 286 g/mol. The van der Waals surface area contributed by atoms with Crippen LogP contribution in [-0.2, 0) is 4.74 Å². The van der Waals surface area contributed by atoms with Crippen LogP contribution in [0.3, 0.4) is 0 Å². The second-order valence-electron chi connectivity index (χ2n) is 5.66. The number of aromatic hydroxyl groups is 1. The number of nitrogens with one attached hydrogen (secondary N) is 1. The molecule has 0 amide bonds. The van der Waals surface area contributed by atoms with Gasteiger partial charge in [-0.1, -0.05) is 0 Å². The van der Waals surface area contributed by atoms with Crippen molar-refractivity contribution < 1.29 is 24.8 Å². The van der Waals surface area contributed by atoms with Crippen LogP contribution in [0.2, 0.25) is 0 Å². The lowest BCUT2D eigenvalue weighted by atomic mass is 10.0. The topological polar surface area (TPSA) is 91.2 Å². The van der Waals surface area contributed by atoms with E-state index in [2.05, 4.69) is 5.32 Å². The lowest BCUT2D eigenvalue weighted by molar-refractivity contribution is -0.154. The molecule has 1 aliphatic carbocycles. The summed E-state index contributed by atoms with van der Waals surface area (Å²) in [5.74, 6) is 0.543. The van der Waals surface area contributed by atoms with Crippen LogP contribution in [0.5, 0.6) is 11.5 Å². The number of aliphatic hydroxyl groups is 2. The van der Waals surface area contributed by atoms with Crippen molar-refractivity contribution in [1.29, 1.82) is 0 Å². The lowest BCUT2D eigenvalue weighted by Gasteiger charge is -2.24. The summed E-state index contributed by atoms with van der Waals surface area (Å²) in [5, 5.41) is 32.5. The average molecular weight is 311 g/mol. The van der Waals surface area contributed by atoms with Gasteiger partial charge >= 0.3 is 0 Å². The third kappa shape index (κ3) is 4.58. The highest BCUT2D eigenvalue weighted by atomic mass is 16.6. The van der Waals surface area contributed by atoms with Crippen LogP contribution in [0.4, 0.5) is 0 Å². The number of likely N-dealkylation sites (N-methyl/N-ethyl adjacent to an activating group) is 1. The molecule has 0 heterocycles. The Morgan fingerprint density at radius 1 is 1.27 bits per heavy atom. The molecule has 0 aliphatic heterocycles. The summed E-state index contributed by atoms with van der Waals surface area (Å²) in [4.78, 5) is 0. The standard InChI is InChI=1S/C16H25NO5/c1-17-8-9-21-16(20)14-7-2-11(15(14)19)10-22-13-5-3-12(18)4-6-13/h3-6,11,14-20H,2,7-10H2,1H3. The van der Waals surface area contributed by atoms with Crippen molar-refractivity contribution in [1.82, 2.24) is 5.32 Å². The molecule has 22 heavy (non-hydrogen) atoms. The molecule has 1 fully saturated rings. The fourth-order valence-electron chi connectivity index (χ4n) is 2.74. The first kappa shape index (κ1) is 17.0. The van der Waals surface area contributed by atoms with Gasteiger partial charge in [0.15, 0.2) is 6.29 Å². The van der Waals surface area contributed by atoms with Crippen molar-refractivity contribution in [3.05, 3.63) is 24.3 Å². The minimum absolute atomic E-state index is 0.0265. The maximum absolute atomic E-state index is 10.3. The zero-order valence-corrected chi connectivity index (χ0v) is 12.8.